The van der Waals surface area contributed by atoms with Crippen LogP contribution in [-0.4, -0.2) is 19.1 Å². The maximum absolute atomic E-state index is 6.25. The average molecular weight is 469 g/mol. The molecule has 2 nitrogen and oxygen atoms in total. The number of halogens is 1. The molecule has 0 saturated heterocycles. The van der Waals surface area contributed by atoms with E-state index in [-0.39, 0.29) is 0 Å². The predicted molar refractivity (Wildman–Crippen MR) is 142 cm³/mol. The van der Waals surface area contributed by atoms with E-state index in [4.69, 9.17) is 21.1 Å². The molecular weight excluding hydrogens is 440 g/mol. The molecule has 0 spiro atoms. The molecule has 172 valence electrons. The first-order valence-corrected chi connectivity index (χ1v) is 12.1. The predicted octanol–water partition coefficient (Wildman–Crippen LogP) is 7.87. The van der Waals surface area contributed by atoms with Crippen molar-refractivity contribution in [3.05, 3.63) is 138 Å². The highest BCUT2D eigenvalue weighted by molar-refractivity contribution is 6.18. The summed E-state index contributed by atoms with van der Waals surface area (Å²) < 4.78 is 11.6. The fourth-order valence-electron chi connectivity index (χ4n) is 3.97. The monoisotopic (exact) mass is 468 g/mol. The van der Waals surface area contributed by atoms with Crippen LogP contribution >= 0.6 is 11.6 Å². The summed E-state index contributed by atoms with van der Waals surface area (Å²) >= 11 is 6.25. The summed E-state index contributed by atoms with van der Waals surface area (Å²) in [4.78, 5) is 0. The van der Waals surface area contributed by atoms with Crippen molar-refractivity contribution in [3.8, 4) is 5.75 Å². The van der Waals surface area contributed by atoms with Crippen LogP contribution in [0.1, 0.15) is 28.7 Å². The Morgan fingerprint density at radius 1 is 0.588 bits per heavy atom. The highest BCUT2D eigenvalue weighted by Gasteiger charge is 2.14. The Bertz CT molecular complexity index is 1150. The molecule has 4 rings (SSSR count). The molecular formula is C31H29ClO2. The van der Waals surface area contributed by atoms with Gasteiger partial charge in [-0.1, -0.05) is 103 Å². The van der Waals surface area contributed by atoms with Crippen molar-refractivity contribution < 1.29 is 9.47 Å². The highest BCUT2D eigenvalue weighted by Crippen LogP contribution is 2.35. The Labute approximate surface area is 207 Å². The molecule has 0 aromatic heterocycles. The van der Waals surface area contributed by atoms with Crippen molar-refractivity contribution in [2.75, 3.05) is 19.1 Å². The van der Waals surface area contributed by atoms with Gasteiger partial charge in [0.1, 0.15) is 12.4 Å². The molecule has 4 aromatic carbocycles. The van der Waals surface area contributed by atoms with E-state index < -0.39 is 0 Å². The minimum atomic E-state index is 0.509. The van der Waals surface area contributed by atoms with Gasteiger partial charge in [0.2, 0.25) is 0 Å². The van der Waals surface area contributed by atoms with Gasteiger partial charge < -0.3 is 9.47 Å². The van der Waals surface area contributed by atoms with Gasteiger partial charge in [0, 0.05) is 5.88 Å². The van der Waals surface area contributed by atoms with E-state index >= 15 is 0 Å². The topological polar surface area (TPSA) is 18.5 Å². The van der Waals surface area contributed by atoms with Gasteiger partial charge in [-0.3, -0.25) is 0 Å². The van der Waals surface area contributed by atoms with Crippen LogP contribution in [0.15, 0.2) is 115 Å². The first kappa shape index (κ1) is 23.8. The van der Waals surface area contributed by atoms with Crippen LogP contribution < -0.4 is 4.74 Å². The standard InChI is InChI=1S/C31H29ClO2/c32-21-20-30(26-12-6-2-7-13-26)31(27-14-8-3-9-15-27)28-16-18-29(19-17-28)34-23-22-33-24-25-10-4-1-5-11-25/h1-19H,20-24H2. The van der Waals surface area contributed by atoms with E-state index in [2.05, 4.69) is 72.8 Å². The number of benzene rings is 4. The van der Waals surface area contributed by atoms with Crippen LogP contribution in [0.3, 0.4) is 0 Å². The fraction of sp³-hybridized carbons (Fsp3) is 0.161. The minimum absolute atomic E-state index is 0.509. The molecule has 3 heteroatoms. The first-order chi connectivity index (χ1) is 16.8. The normalized spacial score (nSPS) is 11.7. The van der Waals surface area contributed by atoms with Crippen LogP contribution in [0.2, 0.25) is 0 Å². The van der Waals surface area contributed by atoms with Gasteiger partial charge >= 0.3 is 0 Å². The number of rotatable bonds is 11. The lowest BCUT2D eigenvalue weighted by molar-refractivity contribution is 0.0889. The van der Waals surface area contributed by atoms with E-state index in [0.29, 0.717) is 25.7 Å². The third kappa shape index (κ3) is 6.60. The Morgan fingerprint density at radius 3 is 1.76 bits per heavy atom. The average Bonchev–Trinajstić information content (AvgIpc) is 2.91. The van der Waals surface area contributed by atoms with Crippen molar-refractivity contribution in [1.29, 1.82) is 0 Å². The SMILES string of the molecule is ClCCC(=C(c1ccccc1)c1ccc(OCCOCc2ccccc2)cc1)c1ccccc1. The number of ether oxygens (including phenoxy) is 2. The van der Waals surface area contributed by atoms with Crippen molar-refractivity contribution in [2.24, 2.45) is 0 Å². The molecule has 0 N–H and O–H groups in total. The van der Waals surface area contributed by atoms with Crippen LogP contribution in [0.5, 0.6) is 5.75 Å². The first-order valence-electron chi connectivity index (χ1n) is 11.6. The molecule has 0 unspecified atom stereocenters. The molecule has 4 aromatic rings. The van der Waals surface area contributed by atoms with E-state index in [9.17, 15) is 0 Å². The summed E-state index contributed by atoms with van der Waals surface area (Å²) in [7, 11) is 0. The van der Waals surface area contributed by atoms with Crippen LogP contribution in [0.4, 0.5) is 0 Å². The molecule has 0 radical (unpaired) electrons. The van der Waals surface area contributed by atoms with Crippen LogP contribution in [-0.2, 0) is 11.3 Å². The van der Waals surface area contributed by atoms with Gasteiger partial charge in [0.05, 0.1) is 13.2 Å². The molecule has 34 heavy (non-hydrogen) atoms. The maximum Gasteiger partial charge on any atom is 0.119 e. The Morgan fingerprint density at radius 2 is 1.15 bits per heavy atom. The van der Waals surface area contributed by atoms with Gasteiger partial charge in [0.25, 0.3) is 0 Å². The number of allylic oxidation sites excluding steroid dienone is 1. The Balaban J connectivity index is 1.50. The summed E-state index contributed by atoms with van der Waals surface area (Å²) in [6.07, 6.45) is 0.785. The summed E-state index contributed by atoms with van der Waals surface area (Å²) in [6, 6.07) is 39.5. The second kappa shape index (κ2) is 12.8. The van der Waals surface area contributed by atoms with Crippen molar-refractivity contribution in [3.63, 3.8) is 0 Å². The van der Waals surface area contributed by atoms with E-state index in [1.54, 1.807) is 0 Å². The third-order valence-electron chi connectivity index (χ3n) is 5.58. The van der Waals surface area contributed by atoms with Crippen LogP contribution in [0.25, 0.3) is 11.1 Å². The van der Waals surface area contributed by atoms with Gasteiger partial charge in [-0.2, -0.15) is 0 Å². The van der Waals surface area contributed by atoms with E-state index in [0.717, 1.165) is 17.7 Å². The zero-order valence-electron chi connectivity index (χ0n) is 19.2. The molecule has 0 saturated carbocycles. The lowest BCUT2D eigenvalue weighted by Gasteiger charge is -2.17. The highest BCUT2D eigenvalue weighted by atomic mass is 35.5. The molecule has 0 fully saturated rings. The minimum Gasteiger partial charge on any atom is -0.491 e. The van der Waals surface area contributed by atoms with Gasteiger partial charge in [-0.25, -0.2) is 0 Å². The molecule has 0 aliphatic carbocycles. The molecule has 0 bridgehead atoms. The van der Waals surface area contributed by atoms with E-state index in [1.165, 1.54) is 27.8 Å². The van der Waals surface area contributed by atoms with Gasteiger partial charge in [-0.15, -0.1) is 11.6 Å². The summed E-state index contributed by atoms with van der Waals surface area (Å²) in [5.41, 5.74) is 7.11. The third-order valence-corrected chi connectivity index (χ3v) is 5.77. The fourth-order valence-corrected chi connectivity index (χ4v) is 4.16. The molecule has 0 heterocycles. The van der Waals surface area contributed by atoms with Gasteiger partial charge in [-0.05, 0) is 52.0 Å². The lowest BCUT2D eigenvalue weighted by Crippen LogP contribution is -2.06. The smallest absolute Gasteiger partial charge is 0.119 e. The lowest BCUT2D eigenvalue weighted by atomic mass is 9.88. The largest absolute Gasteiger partial charge is 0.491 e. The Hall–Kier alpha value is -3.33. The maximum atomic E-state index is 6.25. The van der Waals surface area contributed by atoms with Crippen LogP contribution in [0, 0.1) is 0 Å². The van der Waals surface area contributed by atoms with Gasteiger partial charge in [0.15, 0.2) is 0 Å². The number of alkyl halides is 1. The second-order valence-electron chi connectivity index (χ2n) is 7.94. The Kier molecular flexibility index (Phi) is 8.96. The number of hydrogen-bond acceptors (Lipinski definition) is 2. The van der Waals surface area contributed by atoms with E-state index in [1.807, 2.05) is 42.5 Å². The molecule has 0 atom stereocenters. The summed E-state index contributed by atoms with van der Waals surface area (Å²) in [5.74, 6) is 1.39. The molecule has 0 aliphatic rings. The zero-order valence-corrected chi connectivity index (χ0v) is 20.0. The zero-order chi connectivity index (χ0) is 23.4. The summed E-state index contributed by atoms with van der Waals surface area (Å²) in [6.45, 7) is 1.64. The second-order valence-corrected chi connectivity index (χ2v) is 8.31. The number of hydrogen-bond donors (Lipinski definition) is 0. The van der Waals surface area contributed by atoms with Crippen molar-refractivity contribution >= 4 is 22.7 Å². The quantitative estimate of drug-likeness (QED) is 0.127. The molecule has 0 aliphatic heterocycles. The molecule has 0 amide bonds. The van der Waals surface area contributed by atoms with Crippen molar-refractivity contribution in [1.82, 2.24) is 0 Å². The van der Waals surface area contributed by atoms with Crippen molar-refractivity contribution in [2.45, 2.75) is 13.0 Å². The summed E-state index contributed by atoms with van der Waals surface area (Å²) in [5, 5.41) is 0.